The minimum Gasteiger partial charge on any atom is -0.493 e. The zero-order valence-corrected chi connectivity index (χ0v) is 14.4. The van der Waals surface area contributed by atoms with Crippen molar-refractivity contribution in [1.82, 2.24) is 15.1 Å². The van der Waals surface area contributed by atoms with E-state index in [2.05, 4.69) is 23.4 Å². The van der Waals surface area contributed by atoms with E-state index >= 15 is 0 Å². The average molecular weight is 327 g/mol. The van der Waals surface area contributed by atoms with Gasteiger partial charge in [0.2, 0.25) is 0 Å². The third-order valence-corrected chi connectivity index (χ3v) is 4.49. The van der Waals surface area contributed by atoms with E-state index in [4.69, 9.17) is 4.74 Å². The molecular weight excluding hydrogens is 302 g/mol. The van der Waals surface area contributed by atoms with Gasteiger partial charge in [0.05, 0.1) is 12.3 Å². The van der Waals surface area contributed by atoms with E-state index in [9.17, 15) is 4.79 Å². The van der Waals surface area contributed by atoms with Gasteiger partial charge in [-0.25, -0.2) is 0 Å². The van der Waals surface area contributed by atoms with E-state index in [1.807, 2.05) is 31.3 Å². The van der Waals surface area contributed by atoms with Crippen LogP contribution >= 0.6 is 0 Å². The number of fused-ring (bicyclic) bond motifs is 1. The molecule has 0 radical (unpaired) electrons. The molecule has 0 unspecified atom stereocenters. The molecule has 1 aliphatic rings. The van der Waals surface area contributed by atoms with Crippen molar-refractivity contribution in [3.63, 3.8) is 0 Å². The monoisotopic (exact) mass is 327 g/mol. The summed E-state index contributed by atoms with van der Waals surface area (Å²) in [5.74, 6) is 1.31. The molecule has 1 aromatic heterocycles. The Hall–Kier alpha value is -2.30. The Kier molecular flexibility index (Phi) is 5.18. The van der Waals surface area contributed by atoms with Crippen LogP contribution < -0.4 is 10.1 Å². The number of para-hydroxylation sites is 1. The maximum absolute atomic E-state index is 12.5. The molecule has 5 heteroatoms. The van der Waals surface area contributed by atoms with E-state index in [0.717, 1.165) is 37.1 Å². The Labute approximate surface area is 143 Å². The summed E-state index contributed by atoms with van der Waals surface area (Å²) in [5.41, 5.74) is 2.82. The van der Waals surface area contributed by atoms with Crippen LogP contribution in [0, 0.1) is 5.92 Å². The van der Waals surface area contributed by atoms with Gasteiger partial charge in [0.15, 0.2) is 0 Å². The topological polar surface area (TPSA) is 56.1 Å². The van der Waals surface area contributed by atoms with Crippen LogP contribution in [0.25, 0.3) is 0 Å². The number of rotatable bonds is 5. The number of aryl methyl sites for hydroxylation is 2. The largest absolute Gasteiger partial charge is 0.493 e. The van der Waals surface area contributed by atoms with Crippen LogP contribution in [-0.2, 0) is 19.9 Å². The van der Waals surface area contributed by atoms with Gasteiger partial charge in [-0.05, 0) is 42.9 Å². The first kappa shape index (κ1) is 16.6. The number of nitrogens with one attached hydrogen (secondary N) is 1. The number of hydrogen-bond donors (Lipinski definition) is 1. The lowest BCUT2D eigenvalue weighted by Crippen LogP contribution is -2.31. The van der Waals surface area contributed by atoms with Gasteiger partial charge in [0.1, 0.15) is 11.4 Å². The summed E-state index contributed by atoms with van der Waals surface area (Å²) in [5, 5.41) is 7.46. The maximum atomic E-state index is 12.5. The molecule has 1 amide bonds. The number of carbonyl (C=O) groups is 1. The van der Waals surface area contributed by atoms with Gasteiger partial charge in [-0.15, -0.1) is 0 Å². The van der Waals surface area contributed by atoms with Gasteiger partial charge in [0, 0.05) is 13.6 Å². The molecule has 128 valence electrons. The standard InChI is InChI=1S/C19H25N3O2/c1-3-6-16-12-17(22(2)21-16)19(23)20-13-14-9-10-24-18-8-5-4-7-15(18)11-14/h4-5,7-8,12,14H,3,6,9-11,13H2,1-2H3,(H,20,23)/t14-/m1/s1. The molecule has 0 saturated carbocycles. The summed E-state index contributed by atoms with van der Waals surface area (Å²) >= 11 is 0. The van der Waals surface area contributed by atoms with Gasteiger partial charge >= 0.3 is 0 Å². The van der Waals surface area contributed by atoms with E-state index < -0.39 is 0 Å². The first-order chi connectivity index (χ1) is 11.7. The zero-order chi connectivity index (χ0) is 16.9. The fourth-order valence-corrected chi connectivity index (χ4v) is 3.18. The number of aromatic nitrogens is 2. The average Bonchev–Trinajstić information content (AvgIpc) is 2.81. The van der Waals surface area contributed by atoms with Crippen molar-refractivity contribution in [2.45, 2.75) is 32.6 Å². The minimum atomic E-state index is -0.0502. The van der Waals surface area contributed by atoms with Gasteiger partial charge in [-0.2, -0.15) is 5.10 Å². The summed E-state index contributed by atoms with van der Waals surface area (Å²) in [4.78, 5) is 12.5. The molecule has 2 aromatic rings. The van der Waals surface area contributed by atoms with Crippen molar-refractivity contribution in [2.75, 3.05) is 13.2 Å². The lowest BCUT2D eigenvalue weighted by Gasteiger charge is -2.14. The number of amides is 1. The number of hydrogen-bond acceptors (Lipinski definition) is 3. The van der Waals surface area contributed by atoms with E-state index in [-0.39, 0.29) is 5.91 Å². The number of ether oxygens (including phenoxy) is 1. The number of carbonyl (C=O) groups excluding carboxylic acids is 1. The maximum Gasteiger partial charge on any atom is 0.269 e. The summed E-state index contributed by atoms with van der Waals surface area (Å²) in [6.45, 7) is 3.47. The van der Waals surface area contributed by atoms with E-state index in [1.165, 1.54) is 5.56 Å². The SMILES string of the molecule is CCCc1cc(C(=O)NC[C@@H]2CCOc3ccccc3C2)n(C)n1. The second-order valence-corrected chi connectivity index (χ2v) is 6.42. The molecule has 0 spiro atoms. The Morgan fingerprint density at radius 2 is 2.25 bits per heavy atom. The molecule has 5 nitrogen and oxygen atoms in total. The summed E-state index contributed by atoms with van der Waals surface area (Å²) in [7, 11) is 1.82. The highest BCUT2D eigenvalue weighted by atomic mass is 16.5. The van der Waals surface area contributed by atoms with Crippen molar-refractivity contribution >= 4 is 5.91 Å². The van der Waals surface area contributed by atoms with E-state index in [0.29, 0.717) is 24.8 Å². The van der Waals surface area contributed by atoms with Crippen LogP contribution in [-0.4, -0.2) is 28.8 Å². The van der Waals surface area contributed by atoms with Crippen LogP contribution in [0.5, 0.6) is 5.75 Å². The minimum absolute atomic E-state index is 0.0502. The lowest BCUT2D eigenvalue weighted by molar-refractivity contribution is 0.0936. The smallest absolute Gasteiger partial charge is 0.269 e. The molecule has 1 atom stereocenters. The fourth-order valence-electron chi connectivity index (χ4n) is 3.18. The molecule has 1 aliphatic heterocycles. The Morgan fingerprint density at radius 3 is 3.08 bits per heavy atom. The molecule has 24 heavy (non-hydrogen) atoms. The Balaban J connectivity index is 1.60. The Bertz CT molecular complexity index is 708. The summed E-state index contributed by atoms with van der Waals surface area (Å²) in [6.07, 6.45) is 3.81. The molecule has 3 rings (SSSR count). The quantitative estimate of drug-likeness (QED) is 0.919. The molecular formula is C19H25N3O2. The van der Waals surface area contributed by atoms with Crippen LogP contribution in [0.3, 0.4) is 0 Å². The van der Waals surface area contributed by atoms with Crippen LogP contribution in [0.4, 0.5) is 0 Å². The van der Waals surface area contributed by atoms with Gasteiger partial charge < -0.3 is 10.1 Å². The first-order valence-corrected chi connectivity index (χ1v) is 8.69. The third-order valence-electron chi connectivity index (χ3n) is 4.49. The van der Waals surface area contributed by atoms with Gasteiger partial charge in [-0.3, -0.25) is 9.48 Å². The van der Waals surface area contributed by atoms with Crippen molar-refractivity contribution < 1.29 is 9.53 Å². The fraction of sp³-hybridized carbons (Fsp3) is 0.474. The van der Waals surface area contributed by atoms with E-state index in [1.54, 1.807) is 4.68 Å². The number of benzene rings is 1. The zero-order valence-electron chi connectivity index (χ0n) is 14.4. The lowest BCUT2D eigenvalue weighted by atomic mass is 9.97. The molecule has 1 N–H and O–H groups in total. The molecule has 0 bridgehead atoms. The highest BCUT2D eigenvalue weighted by Gasteiger charge is 2.19. The predicted octanol–water partition coefficient (Wildman–Crippen LogP) is 2.74. The second-order valence-electron chi connectivity index (χ2n) is 6.42. The van der Waals surface area contributed by atoms with Crippen molar-refractivity contribution in [2.24, 2.45) is 13.0 Å². The van der Waals surface area contributed by atoms with Crippen LogP contribution in [0.2, 0.25) is 0 Å². The van der Waals surface area contributed by atoms with Crippen molar-refractivity contribution in [1.29, 1.82) is 0 Å². The van der Waals surface area contributed by atoms with Crippen molar-refractivity contribution in [3.8, 4) is 5.75 Å². The molecule has 0 aliphatic carbocycles. The normalized spacial score (nSPS) is 16.8. The highest BCUT2D eigenvalue weighted by molar-refractivity contribution is 5.92. The second kappa shape index (κ2) is 7.51. The molecule has 1 aromatic carbocycles. The highest BCUT2D eigenvalue weighted by Crippen LogP contribution is 2.26. The third kappa shape index (κ3) is 3.78. The van der Waals surface area contributed by atoms with Crippen molar-refractivity contribution in [3.05, 3.63) is 47.3 Å². The Morgan fingerprint density at radius 1 is 1.42 bits per heavy atom. The predicted molar refractivity (Wildman–Crippen MR) is 93.3 cm³/mol. The summed E-state index contributed by atoms with van der Waals surface area (Å²) in [6, 6.07) is 10.0. The molecule has 2 heterocycles. The van der Waals surface area contributed by atoms with Gasteiger partial charge in [0.25, 0.3) is 5.91 Å². The number of nitrogens with zero attached hydrogens (tertiary/aromatic N) is 2. The van der Waals surface area contributed by atoms with Crippen LogP contribution in [0.15, 0.2) is 30.3 Å². The first-order valence-electron chi connectivity index (χ1n) is 8.69. The molecule has 0 saturated heterocycles. The van der Waals surface area contributed by atoms with Crippen LogP contribution in [0.1, 0.15) is 41.5 Å². The summed E-state index contributed by atoms with van der Waals surface area (Å²) < 4.78 is 7.47. The molecule has 0 fully saturated rings. The van der Waals surface area contributed by atoms with Gasteiger partial charge in [-0.1, -0.05) is 31.5 Å².